The normalized spacial score (nSPS) is 27.2. The number of amides is 1. The quantitative estimate of drug-likeness (QED) is 0.837. The second-order valence-corrected chi connectivity index (χ2v) is 4.96. The minimum Gasteiger partial charge on any atom is -0.379 e. The summed E-state index contributed by atoms with van der Waals surface area (Å²) in [5.74, 6) is -0.487. The van der Waals surface area contributed by atoms with Gasteiger partial charge in [-0.3, -0.25) is 4.79 Å². The fourth-order valence-electron chi connectivity index (χ4n) is 1.92. The van der Waals surface area contributed by atoms with E-state index < -0.39 is 5.41 Å². The number of ether oxygens (including phenoxy) is 1. The van der Waals surface area contributed by atoms with Crippen LogP contribution in [0.15, 0.2) is 18.2 Å². The zero-order chi connectivity index (χ0) is 13.3. The highest BCUT2D eigenvalue weighted by Gasteiger charge is 2.44. The summed E-state index contributed by atoms with van der Waals surface area (Å²) in [5.41, 5.74) is 6.20. The van der Waals surface area contributed by atoms with Gasteiger partial charge >= 0.3 is 0 Å². The summed E-state index contributed by atoms with van der Waals surface area (Å²) in [6.45, 7) is 4.11. The lowest BCUT2D eigenvalue weighted by Gasteiger charge is -2.25. The van der Waals surface area contributed by atoms with Gasteiger partial charge in [-0.05, 0) is 37.6 Å². The summed E-state index contributed by atoms with van der Waals surface area (Å²) in [4.78, 5) is 12.2. The predicted octanol–water partition coefficient (Wildman–Crippen LogP) is 1.44. The molecule has 2 unspecified atom stereocenters. The van der Waals surface area contributed by atoms with E-state index in [4.69, 9.17) is 10.5 Å². The van der Waals surface area contributed by atoms with Crippen molar-refractivity contribution in [3.05, 3.63) is 29.6 Å². The van der Waals surface area contributed by atoms with Gasteiger partial charge in [0.1, 0.15) is 5.82 Å². The molecule has 1 aliphatic rings. The summed E-state index contributed by atoms with van der Waals surface area (Å²) < 4.78 is 18.3. The van der Waals surface area contributed by atoms with Gasteiger partial charge in [0.2, 0.25) is 5.91 Å². The fraction of sp³-hybridized carbons (Fsp3) is 0.462. The SMILES string of the molecule is Cc1cc(NC(=O)C2(C)COCC2N)ccc1F. The molecule has 18 heavy (non-hydrogen) atoms. The van der Waals surface area contributed by atoms with E-state index in [9.17, 15) is 9.18 Å². The van der Waals surface area contributed by atoms with Crippen molar-refractivity contribution < 1.29 is 13.9 Å². The predicted molar refractivity (Wildman–Crippen MR) is 66.7 cm³/mol. The van der Waals surface area contributed by atoms with Crippen molar-refractivity contribution in [3.8, 4) is 0 Å². The van der Waals surface area contributed by atoms with Gasteiger partial charge in [-0.15, -0.1) is 0 Å². The van der Waals surface area contributed by atoms with Crippen LogP contribution >= 0.6 is 0 Å². The maximum absolute atomic E-state index is 13.1. The Kier molecular flexibility index (Phi) is 3.36. The monoisotopic (exact) mass is 252 g/mol. The molecular formula is C13H17FN2O2. The van der Waals surface area contributed by atoms with Crippen LogP contribution in [-0.4, -0.2) is 25.2 Å². The molecule has 0 spiro atoms. The number of hydrogen-bond acceptors (Lipinski definition) is 3. The van der Waals surface area contributed by atoms with E-state index in [-0.39, 0.29) is 17.8 Å². The number of carbonyl (C=O) groups excluding carboxylic acids is 1. The zero-order valence-corrected chi connectivity index (χ0v) is 10.5. The summed E-state index contributed by atoms with van der Waals surface area (Å²) in [6, 6.07) is 4.14. The maximum atomic E-state index is 13.1. The first kappa shape index (κ1) is 13.0. The van der Waals surface area contributed by atoms with Crippen molar-refractivity contribution in [3.63, 3.8) is 0 Å². The van der Waals surface area contributed by atoms with E-state index in [0.717, 1.165) is 0 Å². The van der Waals surface area contributed by atoms with Gasteiger partial charge in [-0.2, -0.15) is 0 Å². The van der Waals surface area contributed by atoms with Crippen LogP contribution in [-0.2, 0) is 9.53 Å². The average Bonchev–Trinajstić information content (AvgIpc) is 2.66. The molecule has 5 heteroatoms. The molecule has 1 aliphatic heterocycles. The van der Waals surface area contributed by atoms with Crippen LogP contribution < -0.4 is 11.1 Å². The number of hydrogen-bond donors (Lipinski definition) is 2. The Hall–Kier alpha value is -1.46. The number of nitrogens with two attached hydrogens (primary N) is 1. The van der Waals surface area contributed by atoms with E-state index in [0.29, 0.717) is 24.5 Å². The number of aryl methyl sites for hydroxylation is 1. The number of benzene rings is 1. The number of carbonyl (C=O) groups is 1. The molecule has 0 radical (unpaired) electrons. The summed E-state index contributed by atoms with van der Waals surface area (Å²) in [5, 5.41) is 2.76. The molecule has 1 aromatic carbocycles. The Bertz CT molecular complexity index is 478. The minimum atomic E-state index is -0.734. The molecule has 0 saturated carbocycles. The Labute approximate surface area is 105 Å². The molecule has 1 amide bonds. The molecule has 1 saturated heterocycles. The van der Waals surface area contributed by atoms with E-state index in [2.05, 4.69) is 5.32 Å². The molecule has 0 aliphatic carbocycles. The molecule has 0 bridgehead atoms. The summed E-state index contributed by atoms with van der Waals surface area (Å²) >= 11 is 0. The molecule has 2 atom stereocenters. The second-order valence-electron chi connectivity index (χ2n) is 4.96. The topological polar surface area (TPSA) is 64.3 Å². The molecule has 0 aromatic heterocycles. The van der Waals surface area contributed by atoms with Crippen LogP contribution in [0.2, 0.25) is 0 Å². The van der Waals surface area contributed by atoms with Crippen molar-refractivity contribution in [1.82, 2.24) is 0 Å². The molecule has 1 fully saturated rings. The molecule has 1 heterocycles. The lowest BCUT2D eigenvalue weighted by molar-refractivity contribution is -0.125. The molecule has 1 aromatic rings. The van der Waals surface area contributed by atoms with Crippen LogP contribution in [0.5, 0.6) is 0 Å². The van der Waals surface area contributed by atoms with Gasteiger partial charge in [0, 0.05) is 11.7 Å². The standard InChI is InChI=1S/C13H17FN2O2/c1-8-5-9(3-4-10(8)14)16-12(17)13(2)7-18-6-11(13)15/h3-5,11H,6-7,15H2,1-2H3,(H,16,17). The Morgan fingerprint density at radius 3 is 2.89 bits per heavy atom. The van der Waals surface area contributed by atoms with Gasteiger partial charge in [0.15, 0.2) is 0 Å². The van der Waals surface area contributed by atoms with Gasteiger partial charge in [0.25, 0.3) is 0 Å². The highest BCUT2D eigenvalue weighted by molar-refractivity contribution is 5.96. The van der Waals surface area contributed by atoms with Crippen molar-refractivity contribution in [2.75, 3.05) is 18.5 Å². The first-order valence-electron chi connectivity index (χ1n) is 5.84. The average molecular weight is 252 g/mol. The Balaban J connectivity index is 2.14. The number of anilines is 1. The second kappa shape index (κ2) is 4.66. The molecule has 4 nitrogen and oxygen atoms in total. The largest absolute Gasteiger partial charge is 0.379 e. The highest BCUT2D eigenvalue weighted by Crippen LogP contribution is 2.28. The van der Waals surface area contributed by atoms with Gasteiger partial charge < -0.3 is 15.8 Å². The smallest absolute Gasteiger partial charge is 0.234 e. The first-order valence-corrected chi connectivity index (χ1v) is 5.84. The lowest BCUT2D eigenvalue weighted by Crippen LogP contribution is -2.47. The van der Waals surface area contributed by atoms with Crippen molar-refractivity contribution in [2.45, 2.75) is 19.9 Å². The number of rotatable bonds is 2. The minimum absolute atomic E-state index is 0.196. The fourth-order valence-corrected chi connectivity index (χ4v) is 1.92. The third-order valence-electron chi connectivity index (χ3n) is 3.45. The van der Waals surface area contributed by atoms with Gasteiger partial charge in [-0.25, -0.2) is 4.39 Å². The van der Waals surface area contributed by atoms with Crippen molar-refractivity contribution in [1.29, 1.82) is 0 Å². The van der Waals surface area contributed by atoms with Crippen LogP contribution in [0.25, 0.3) is 0 Å². The van der Waals surface area contributed by atoms with E-state index in [1.807, 2.05) is 0 Å². The summed E-state index contributed by atoms with van der Waals surface area (Å²) in [7, 11) is 0. The van der Waals surface area contributed by atoms with E-state index >= 15 is 0 Å². The van der Waals surface area contributed by atoms with Crippen LogP contribution in [0.4, 0.5) is 10.1 Å². The zero-order valence-electron chi connectivity index (χ0n) is 10.5. The Morgan fingerprint density at radius 2 is 2.33 bits per heavy atom. The van der Waals surface area contributed by atoms with Crippen LogP contribution in [0, 0.1) is 18.2 Å². The number of nitrogens with one attached hydrogen (secondary N) is 1. The first-order chi connectivity index (χ1) is 8.43. The van der Waals surface area contributed by atoms with E-state index in [1.165, 1.54) is 12.1 Å². The third-order valence-corrected chi connectivity index (χ3v) is 3.45. The molecule has 98 valence electrons. The van der Waals surface area contributed by atoms with Gasteiger partial charge in [-0.1, -0.05) is 0 Å². The molecular weight excluding hydrogens is 235 g/mol. The lowest BCUT2D eigenvalue weighted by atomic mass is 9.85. The van der Waals surface area contributed by atoms with Crippen molar-refractivity contribution in [2.24, 2.45) is 11.1 Å². The third kappa shape index (κ3) is 2.23. The Morgan fingerprint density at radius 1 is 1.61 bits per heavy atom. The molecule has 3 N–H and O–H groups in total. The van der Waals surface area contributed by atoms with Crippen LogP contribution in [0.1, 0.15) is 12.5 Å². The van der Waals surface area contributed by atoms with Crippen LogP contribution in [0.3, 0.4) is 0 Å². The van der Waals surface area contributed by atoms with E-state index in [1.54, 1.807) is 19.9 Å². The maximum Gasteiger partial charge on any atom is 0.234 e. The summed E-state index contributed by atoms with van der Waals surface area (Å²) in [6.07, 6.45) is 0. The highest BCUT2D eigenvalue weighted by atomic mass is 19.1. The van der Waals surface area contributed by atoms with Crippen molar-refractivity contribution >= 4 is 11.6 Å². The van der Waals surface area contributed by atoms with Gasteiger partial charge in [0.05, 0.1) is 18.6 Å². The molecule has 2 rings (SSSR count). The number of halogens is 1.